The highest BCUT2D eigenvalue weighted by molar-refractivity contribution is 5.91. The second-order valence-electron chi connectivity index (χ2n) is 10.4. The van der Waals surface area contributed by atoms with Gasteiger partial charge in [-0.15, -0.1) is 0 Å². The summed E-state index contributed by atoms with van der Waals surface area (Å²) >= 11 is 0. The number of ether oxygens (including phenoxy) is 1. The number of carbonyl (C=O) groups is 3. The van der Waals surface area contributed by atoms with Crippen LogP contribution in [0.25, 0.3) is 0 Å². The molecule has 7 nitrogen and oxygen atoms in total. The minimum absolute atomic E-state index is 0.0811. The molecule has 0 bridgehead atoms. The van der Waals surface area contributed by atoms with Gasteiger partial charge in [-0.1, -0.05) is 53.5 Å². The molecule has 0 aromatic rings. The maximum atomic E-state index is 13.6. The van der Waals surface area contributed by atoms with Gasteiger partial charge in [0.25, 0.3) is 0 Å². The van der Waals surface area contributed by atoms with E-state index in [1.165, 1.54) is 0 Å². The first-order chi connectivity index (χ1) is 14.8. The third-order valence-electron chi connectivity index (χ3n) is 6.22. The molecule has 2 amide bonds. The Hall–Kier alpha value is -1.89. The van der Waals surface area contributed by atoms with Crippen LogP contribution >= 0.6 is 0 Å². The van der Waals surface area contributed by atoms with E-state index in [-0.39, 0.29) is 35.8 Å². The molecule has 0 saturated carbocycles. The van der Waals surface area contributed by atoms with E-state index >= 15 is 0 Å². The minimum atomic E-state index is -0.672. The van der Waals surface area contributed by atoms with Crippen molar-refractivity contribution in [2.75, 3.05) is 27.2 Å². The van der Waals surface area contributed by atoms with Crippen molar-refractivity contribution in [3.63, 3.8) is 0 Å². The summed E-state index contributed by atoms with van der Waals surface area (Å²) < 4.78 is 5.09. The smallest absolute Gasteiger partial charge is 0.333 e. The van der Waals surface area contributed by atoms with Gasteiger partial charge >= 0.3 is 5.97 Å². The number of carbonyl (C=O) groups excluding carboxylic acids is 3. The van der Waals surface area contributed by atoms with Crippen molar-refractivity contribution in [2.24, 2.45) is 11.3 Å². The molecule has 1 heterocycles. The van der Waals surface area contributed by atoms with Gasteiger partial charge in [0.2, 0.25) is 11.8 Å². The largest absolute Gasteiger partial charge is 0.463 e. The van der Waals surface area contributed by atoms with Crippen LogP contribution in [-0.2, 0) is 19.1 Å². The fraction of sp³-hybridized carbons (Fsp3) is 0.800. The van der Waals surface area contributed by atoms with Crippen molar-refractivity contribution in [1.82, 2.24) is 15.1 Å². The van der Waals surface area contributed by atoms with Crippen LogP contribution in [0.15, 0.2) is 11.6 Å². The first-order valence-electron chi connectivity index (χ1n) is 11.9. The van der Waals surface area contributed by atoms with Gasteiger partial charge in [0, 0.05) is 12.6 Å². The average molecular weight is 452 g/mol. The molecule has 0 aromatic heterocycles. The SMILES string of the molecule is CCOC(=O)/C(C)=C/[C@H](C(C)C)N(C)C(=O)C(NC(=O)C1CCCCCN1C)C(C)(C)C. The molecule has 0 aliphatic carbocycles. The molecule has 0 aromatic carbocycles. The van der Waals surface area contributed by atoms with E-state index in [1.807, 2.05) is 41.7 Å². The van der Waals surface area contributed by atoms with Gasteiger partial charge in [-0.05, 0) is 51.6 Å². The molecule has 1 fully saturated rings. The van der Waals surface area contributed by atoms with Crippen molar-refractivity contribution < 1.29 is 19.1 Å². The van der Waals surface area contributed by atoms with Crippen molar-refractivity contribution >= 4 is 17.8 Å². The standard InChI is InChI=1S/C25H45N3O4/c1-10-32-24(31)18(4)16-20(17(2)3)28(9)23(30)21(25(5,6)7)26-22(29)19-14-12-11-13-15-27(19)8/h16-17,19-21H,10-15H2,1-9H3,(H,26,29)/b18-16+/t19?,20-,21?/m1/s1. The molecular weight excluding hydrogens is 406 g/mol. The summed E-state index contributed by atoms with van der Waals surface area (Å²) in [5, 5.41) is 3.07. The van der Waals surface area contributed by atoms with Crippen LogP contribution in [0, 0.1) is 11.3 Å². The van der Waals surface area contributed by atoms with E-state index in [9.17, 15) is 14.4 Å². The van der Waals surface area contributed by atoms with Gasteiger partial charge in [-0.25, -0.2) is 4.79 Å². The number of nitrogens with zero attached hydrogens (tertiary/aromatic N) is 2. The van der Waals surface area contributed by atoms with Crippen molar-refractivity contribution in [2.45, 2.75) is 92.3 Å². The molecule has 0 spiro atoms. The molecule has 32 heavy (non-hydrogen) atoms. The first-order valence-corrected chi connectivity index (χ1v) is 11.9. The number of esters is 1. The second-order valence-corrected chi connectivity index (χ2v) is 10.4. The van der Waals surface area contributed by atoms with Gasteiger partial charge in [-0.3, -0.25) is 14.5 Å². The Bertz CT molecular complexity index is 681. The van der Waals surface area contributed by atoms with Gasteiger partial charge in [0.1, 0.15) is 6.04 Å². The molecule has 1 aliphatic heterocycles. The zero-order valence-corrected chi connectivity index (χ0v) is 21.7. The quantitative estimate of drug-likeness (QED) is 0.452. The van der Waals surface area contributed by atoms with Crippen LogP contribution in [0.4, 0.5) is 0 Å². The summed E-state index contributed by atoms with van der Waals surface area (Å²) in [5.41, 5.74) is 0.00719. The third kappa shape index (κ3) is 7.91. The Morgan fingerprint density at radius 3 is 2.34 bits per heavy atom. The summed E-state index contributed by atoms with van der Waals surface area (Å²) in [5.74, 6) is -0.544. The Morgan fingerprint density at radius 2 is 1.81 bits per heavy atom. The lowest BCUT2D eigenvalue weighted by molar-refractivity contribution is -0.141. The van der Waals surface area contributed by atoms with Crippen LogP contribution < -0.4 is 5.32 Å². The highest BCUT2D eigenvalue weighted by Gasteiger charge is 2.38. The molecule has 0 radical (unpaired) electrons. The highest BCUT2D eigenvalue weighted by atomic mass is 16.5. The van der Waals surface area contributed by atoms with Crippen molar-refractivity contribution in [3.8, 4) is 0 Å². The number of rotatable bonds is 8. The number of hydrogen-bond donors (Lipinski definition) is 1. The lowest BCUT2D eigenvalue weighted by Crippen LogP contribution is -2.59. The summed E-state index contributed by atoms with van der Waals surface area (Å²) in [4.78, 5) is 42.7. The lowest BCUT2D eigenvalue weighted by atomic mass is 9.84. The highest BCUT2D eigenvalue weighted by Crippen LogP contribution is 2.25. The zero-order chi connectivity index (χ0) is 24.6. The summed E-state index contributed by atoms with van der Waals surface area (Å²) in [6, 6.07) is -1.18. The normalized spacial score (nSPS) is 20.3. The molecule has 184 valence electrons. The Balaban J connectivity index is 3.12. The van der Waals surface area contributed by atoms with Crippen molar-refractivity contribution in [3.05, 3.63) is 11.6 Å². The molecule has 3 atom stereocenters. The van der Waals surface area contributed by atoms with E-state index in [4.69, 9.17) is 4.74 Å². The third-order valence-corrected chi connectivity index (χ3v) is 6.22. The van der Waals surface area contributed by atoms with Crippen LogP contribution in [-0.4, -0.2) is 73.0 Å². The molecule has 7 heteroatoms. The number of hydrogen-bond acceptors (Lipinski definition) is 5. The van der Waals surface area contributed by atoms with Crippen LogP contribution in [0.5, 0.6) is 0 Å². The Kier molecular flexibility index (Phi) is 10.9. The molecule has 1 saturated heterocycles. The van der Waals surface area contributed by atoms with E-state index in [0.29, 0.717) is 12.2 Å². The fourth-order valence-corrected chi connectivity index (χ4v) is 4.14. The van der Waals surface area contributed by atoms with Crippen LogP contribution in [0.3, 0.4) is 0 Å². The molecule has 1 N–H and O–H groups in total. The zero-order valence-electron chi connectivity index (χ0n) is 21.7. The molecular formula is C25H45N3O4. The maximum Gasteiger partial charge on any atom is 0.333 e. The Labute approximate surface area is 194 Å². The summed E-state index contributed by atoms with van der Waals surface area (Å²) in [6.07, 6.45) is 5.83. The Morgan fingerprint density at radius 1 is 1.19 bits per heavy atom. The second kappa shape index (κ2) is 12.4. The average Bonchev–Trinajstić information content (AvgIpc) is 2.92. The number of likely N-dealkylation sites (tertiary alicyclic amines) is 1. The predicted octanol–water partition coefficient (Wildman–Crippen LogP) is 3.38. The van der Waals surface area contributed by atoms with Gasteiger partial charge in [0.05, 0.1) is 18.7 Å². The van der Waals surface area contributed by atoms with E-state index in [1.54, 1.807) is 31.9 Å². The summed E-state index contributed by atoms with van der Waals surface area (Å²) in [6.45, 7) is 14.6. The van der Waals surface area contributed by atoms with E-state index < -0.39 is 11.5 Å². The van der Waals surface area contributed by atoms with E-state index in [2.05, 4.69) is 10.2 Å². The monoisotopic (exact) mass is 451 g/mol. The first kappa shape index (κ1) is 28.1. The van der Waals surface area contributed by atoms with Crippen LogP contribution in [0.1, 0.15) is 74.1 Å². The topological polar surface area (TPSA) is 79.0 Å². The fourth-order valence-electron chi connectivity index (χ4n) is 4.14. The number of likely N-dealkylation sites (N-methyl/N-ethyl adjacent to an activating group) is 2. The number of amides is 2. The lowest BCUT2D eigenvalue weighted by Gasteiger charge is -2.38. The van der Waals surface area contributed by atoms with E-state index in [0.717, 1.165) is 32.2 Å². The van der Waals surface area contributed by atoms with Gasteiger partial charge in [0.15, 0.2) is 0 Å². The molecule has 2 unspecified atom stereocenters. The number of nitrogens with one attached hydrogen (secondary N) is 1. The summed E-state index contributed by atoms with van der Waals surface area (Å²) in [7, 11) is 3.72. The van der Waals surface area contributed by atoms with Crippen molar-refractivity contribution in [1.29, 1.82) is 0 Å². The molecule has 1 aliphatic rings. The predicted molar refractivity (Wildman–Crippen MR) is 128 cm³/mol. The minimum Gasteiger partial charge on any atom is -0.463 e. The molecule has 1 rings (SSSR count). The van der Waals surface area contributed by atoms with Gasteiger partial charge in [-0.2, -0.15) is 0 Å². The maximum absolute atomic E-state index is 13.6. The van der Waals surface area contributed by atoms with Gasteiger partial charge < -0.3 is 15.0 Å². The van der Waals surface area contributed by atoms with Crippen LogP contribution in [0.2, 0.25) is 0 Å².